The van der Waals surface area contributed by atoms with Crippen LogP contribution in [-0.2, 0) is 24.6 Å². The van der Waals surface area contributed by atoms with Crippen molar-refractivity contribution in [2.45, 2.75) is 27.6 Å². The average molecular weight is 391 g/mol. The molecule has 1 aromatic carbocycles. The van der Waals surface area contributed by atoms with Gasteiger partial charge >= 0.3 is 5.51 Å². The fourth-order valence-corrected chi connectivity index (χ4v) is 5.29. The maximum atomic E-state index is 13.7. The molecule has 0 N–H and O–H groups in total. The highest BCUT2D eigenvalue weighted by Gasteiger charge is 2.50. The molecule has 1 saturated heterocycles. The van der Waals surface area contributed by atoms with Crippen LogP contribution in [-0.4, -0.2) is 59.1 Å². The van der Waals surface area contributed by atoms with Crippen molar-refractivity contribution in [3.05, 3.63) is 24.3 Å². The largest absolute Gasteiger partial charge is 0.501 e. The van der Waals surface area contributed by atoms with Crippen LogP contribution in [0.4, 0.5) is 17.6 Å². The van der Waals surface area contributed by atoms with Crippen LogP contribution < -0.4 is 0 Å². The number of benzene rings is 1. The monoisotopic (exact) mass is 391 g/mol. The molecule has 6 nitrogen and oxygen atoms in total. The quantitative estimate of drug-likeness (QED) is 0.724. The van der Waals surface area contributed by atoms with Crippen LogP contribution in [0.3, 0.4) is 0 Å². The van der Waals surface area contributed by atoms with E-state index in [2.05, 4.69) is 0 Å². The number of sulfonamides is 1. The lowest BCUT2D eigenvalue weighted by molar-refractivity contribution is -0.0437. The van der Waals surface area contributed by atoms with Crippen molar-refractivity contribution in [2.75, 3.05) is 20.2 Å². The molecule has 0 bridgehead atoms. The third-order valence-corrected chi connectivity index (χ3v) is 7.09. The van der Waals surface area contributed by atoms with Gasteiger partial charge in [0.25, 0.3) is 9.84 Å². The summed E-state index contributed by atoms with van der Waals surface area (Å²) in [5.41, 5.74) is -5.67. The Morgan fingerprint density at radius 2 is 1.62 bits per heavy atom. The zero-order chi connectivity index (χ0) is 18.3. The predicted molar refractivity (Wildman–Crippen MR) is 74.1 cm³/mol. The van der Waals surface area contributed by atoms with Gasteiger partial charge in [0.05, 0.1) is 4.90 Å². The standard InChI is InChI=1S/C12H13F4NO5S2/c1-22-9-7-17(6-8(9)13)24(20,21)11-5-3-2-4-10(11)23(18,19)12(14,15)16/h2-5,8-9H,6-7H2,1H3/t8-,9-/m1/s1. The molecular formula is C12H13F4NO5S2. The number of sulfone groups is 1. The molecule has 0 spiro atoms. The summed E-state index contributed by atoms with van der Waals surface area (Å²) in [6, 6.07) is 3.34. The molecule has 1 heterocycles. The minimum absolute atomic E-state index is 0.430. The van der Waals surface area contributed by atoms with Crippen molar-refractivity contribution in [3.63, 3.8) is 0 Å². The van der Waals surface area contributed by atoms with Crippen molar-refractivity contribution >= 4 is 19.9 Å². The molecule has 2 rings (SSSR count). The third-order valence-electron chi connectivity index (χ3n) is 3.53. The third kappa shape index (κ3) is 3.15. The second kappa shape index (κ2) is 6.24. The average Bonchev–Trinajstić information content (AvgIpc) is 2.88. The molecule has 1 aromatic rings. The molecule has 0 amide bonds. The molecule has 24 heavy (non-hydrogen) atoms. The molecule has 0 aliphatic carbocycles. The minimum Gasteiger partial charge on any atom is -0.377 e. The van der Waals surface area contributed by atoms with Crippen LogP contribution in [0.1, 0.15) is 0 Å². The van der Waals surface area contributed by atoms with Gasteiger partial charge in [0.2, 0.25) is 10.0 Å². The number of methoxy groups -OCH3 is 1. The lowest BCUT2D eigenvalue weighted by Crippen LogP contribution is -2.32. The number of hydrogen-bond donors (Lipinski definition) is 0. The Bertz CT molecular complexity index is 822. The van der Waals surface area contributed by atoms with Crippen LogP contribution in [0, 0.1) is 0 Å². The molecule has 0 saturated carbocycles. The lowest BCUT2D eigenvalue weighted by atomic mass is 10.3. The van der Waals surface area contributed by atoms with E-state index < -0.39 is 60.5 Å². The van der Waals surface area contributed by atoms with E-state index >= 15 is 0 Å². The molecule has 12 heteroatoms. The maximum Gasteiger partial charge on any atom is 0.501 e. The normalized spacial score (nSPS) is 23.5. The zero-order valence-corrected chi connectivity index (χ0v) is 13.8. The first-order valence-corrected chi connectivity index (χ1v) is 9.42. The number of nitrogens with zero attached hydrogens (tertiary/aromatic N) is 1. The van der Waals surface area contributed by atoms with Crippen LogP contribution in [0.15, 0.2) is 34.1 Å². The Balaban J connectivity index is 2.55. The first-order valence-electron chi connectivity index (χ1n) is 6.50. The van der Waals surface area contributed by atoms with Gasteiger partial charge in [-0.05, 0) is 12.1 Å². The van der Waals surface area contributed by atoms with E-state index in [0.29, 0.717) is 10.4 Å². The minimum atomic E-state index is -5.88. The first kappa shape index (κ1) is 19.1. The number of rotatable bonds is 4. The van der Waals surface area contributed by atoms with E-state index in [0.717, 1.165) is 25.3 Å². The van der Waals surface area contributed by atoms with E-state index in [1.807, 2.05) is 0 Å². The van der Waals surface area contributed by atoms with Gasteiger partial charge in [0, 0.05) is 20.2 Å². The summed E-state index contributed by atoms with van der Waals surface area (Å²) in [7, 11) is -9.38. The van der Waals surface area contributed by atoms with Crippen LogP contribution >= 0.6 is 0 Å². The van der Waals surface area contributed by atoms with E-state index in [1.54, 1.807) is 0 Å². The first-order chi connectivity index (χ1) is 10.9. The van der Waals surface area contributed by atoms with Gasteiger partial charge in [-0.25, -0.2) is 21.2 Å². The maximum absolute atomic E-state index is 13.7. The molecular weight excluding hydrogens is 378 g/mol. The summed E-state index contributed by atoms with van der Waals surface area (Å²) in [4.78, 5) is -2.44. The highest BCUT2D eigenvalue weighted by Crippen LogP contribution is 2.35. The van der Waals surface area contributed by atoms with Gasteiger partial charge in [-0.2, -0.15) is 17.5 Å². The topological polar surface area (TPSA) is 80.8 Å². The Morgan fingerprint density at radius 1 is 1.08 bits per heavy atom. The molecule has 2 atom stereocenters. The van der Waals surface area contributed by atoms with Crippen LogP contribution in [0.2, 0.25) is 0 Å². The Hall–Kier alpha value is -1.24. The molecule has 0 radical (unpaired) electrons. The number of hydrogen-bond acceptors (Lipinski definition) is 5. The van der Waals surface area contributed by atoms with E-state index in [4.69, 9.17) is 4.74 Å². The molecule has 0 unspecified atom stereocenters. The Kier molecular flexibility index (Phi) is 4.97. The summed E-state index contributed by atoms with van der Waals surface area (Å²) in [5, 5.41) is 0. The number of alkyl halides is 4. The van der Waals surface area contributed by atoms with Gasteiger partial charge < -0.3 is 4.74 Å². The summed E-state index contributed by atoms with van der Waals surface area (Å²) in [6.45, 7) is -1.07. The Labute approximate surface area is 136 Å². The van der Waals surface area contributed by atoms with E-state index in [-0.39, 0.29) is 0 Å². The zero-order valence-electron chi connectivity index (χ0n) is 12.2. The van der Waals surface area contributed by atoms with Crippen molar-refractivity contribution < 1.29 is 39.1 Å². The van der Waals surface area contributed by atoms with E-state index in [9.17, 15) is 34.4 Å². The Morgan fingerprint density at radius 3 is 2.08 bits per heavy atom. The fraction of sp³-hybridized carbons (Fsp3) is 0.500. The fourth-order valence-electron chi connectivity index (χ4n) is 2.27. The van der Waals surface area contributed by atoms with Crippen molar-refractivity contribution in [1.82, 2.24) is 4.31 Å². The van der Waals surface area contributed by atoms with Crippen molar-refractivity contribution in [2.24, 2.45) is 0 Å². The van der Waals surface area contributed by atoms with Gasteiger partial charge in [-0.1, -0.05) is 12.1 Å². The number of halogens is 4. The summed E-state index contributed by atoms with van der Waals surface area (Å²) in [6.07, 6.45) is -2.75. The van der Waals surface area contributed by atoms with E-state index in [1.165, 1.54) is 0 Å². The number of ether oxygens (including phenoxy) is 1. The van der Waals surface area contributed by atoms with Gasteiger partial charge in [0.15, 0.2) is 0 Å². The summed E-state index contributed by atoms with van der Waals surface area (Å²) >= 11 is 0. The van der Waals surface area contributed by atoms with Gasteiger partial charge in [0.1, 0.15) is 17.2 Å². The predicted octanol–water partition coefficient (Wildman–Crippen LogP) is 1.34. The molecule has 1 fully saturated rings. The van der Waals surface area contributed by atoms with Crippen LogP contribution in [0.5, 0.6) is 0 Å². The lowest BCUT2D eigenvalue weighted by Gasteiger charge is -2.18. The molecule has 1 aliphatic heterocycles. The van der Waals surface area contributed by atoms with Gasteiger partial charge in [-0.3, -0.25) is 0 Å². The molecule has 136 valence electrons. The summed E-state index contributed by atoms with van der Waals surface area (Å²) < 4.78 is 106. The SMILES string of the molecule is CO[C@@H]1CN(S(=O)(=O)c2ccccc2S(=O)(=O)C(F)(F)F)C[C@H]1F. The van der Waals surface area contributed by atoms with Gasteiger partial charge in [-0.15, -0.1) is 0 Å². The highest BCUT2D eigenvalue weighted by atomic mass is 32.2. The highest BCUT2D eigenvalue weighted by molar-refractivity contribution is 7.94. The van der Waals surface area contributed by atoms with Crippen molar-refractivity contribution in [3.8, 4) is 0 Å². The second-order valence-corrected chi connectivity index (χ2v) is 8.82. The van der Waals surface area contributed by atoms with Crippen LogP contribution in [0.25, 0.3) is 0 Å². The van der Waals surface area contributed by atoms with Crippen molar-refractivity contribution in [1.29, 1.82) is 0 Å². The smallest absolute Gasteiger partial charge is 0.377 e. The second-order valence-electron chi connectivity index (χ2n) is 5.01. The summed E-state index contributed by atoms with van der Waals surface area (Å²) in [5.74, 6) is 0. The molecule has 1 aliphatic rings. The molecule has 0 aromatic heterocycles.